The lowest BCUT2D eigenvalue weighted by Crippen LogP contribution is -2.22. The second-order valence-electron chi connectivity index (χ2n) is 6.92. The number of hydrogen-bond donors (Lipinski definition) is 1. The minimum atomic E-state index is 0.164. The van der Waals surface area contributed by atoms with Gasteiger partial charge in [0.25, 0.3) is 0 Å². The first-order chi connectivity index (χ1) is 13.7. The van der Waals surface area contributed by atoms with Crippen LogP contribution in [0.2, 0.25) is 0 Å². The summed E-state index contributed by atoms with van der Waals surface area (Å²) in [5, 5.41) is 3.66. The van der Waals surface area contributed by atoms with Gasteiger partial charge in [0, 0.05) is 17.5 Å². The second-order valence-corrected chi connectivity index (χ2v) is 6.92. The predicted molar refractivity (Wildman–Crippen MR) is 115 cm³/mol. The van der Waals surface area contributed by atoms with Crippen LogP contribution in [0.5, 0.6) is 11.5 Å². The Hall–Kier alpha value is -2.78. The molecule has 0 aromatic heterocycles. The Morgan fingerprint density at radius 1 is 0.750 bits per heavy atom. The highest BCUT2D eigenvalue weighted by Gasteiger charge is 2.17. The monoisotopic (exact) mass is 375 g/mol. The zero-order valence-electron chi connectivity index (χ0n) is 16.9. The van der Waals surface area contributed by atoms with E-state index >= 15 is 0 Å². The highest BCUT2D eigenvalue weighted by atomic mass is 16.5. The molecule has 0 bridgehead atoms. The Bertz CT molecular complexity index is 809. The van der Waals surface area contributed by atoms with Crippen LogP contribution in [0.1, 0.15) is 42.0 Å². The van der Waals surface area contributed by atoms with Gasteiger partial charge in [0.2, 0.25) is 0 Å². The molecule has 0 fully saturated rings. The standard InChI is InChI=1S/C25H29NO2/c1-19(22-15-10-16-24(27-2)25(22)28-3)26-18-17-23(20-11-6-4-7-12-20)21-13-8-5-9-14-21/h4-16,19,23,26H,17-18H2,1-3H3. The molecule has 0 aliphatic heterocycles. The van der Waals surface area contributed by atoms with Crippen molar-refractivity contribution in [2.45, 2.75) is 25.3 Å². The van der Waals surface area contributed by atoms with Crippen LogP contribution in [-0.4, -0.2) is 20.8 Å². The van der Waals surface area contributed by atoms with E-state index < -0.39 is 0 Å². The van der Waals surface area contributed by atoms with E-state index in [-0.39, 0.29) is 6.04 Å². The Balaban J connectivity index is 1.71. The number of methoxy groups -OCH3 is 2. The Kier molecular flexibility index (Phi) is 7.10. The van der Waals surface area contributed by atoms with Crippen LogP contribution in [0.15, 0.2) is 78.9 Å². The molecule has 0 aliphatic carbocycles. The van der Waals surface area contributed by atoms with Gasteiger partial charge in [0.1, 0.15) is 0 Å². The predicted octanol–water partition coefficient (Wildman–Crippen LogP) is 5.58. The van der Waals surface area contributed by atoms with Crippen molar-refractivity contribution in [1.29, 1.82) is 0 Å². The molecular weight excluding hydrogens is 346 g/mol. The molecule has 0 saturated carbocycles. The molecule has 3 nitrogen and oxygen atoms in total. The van der Waals surface area contributed by atoms with Gasteiger partial charge in [0.15, 0.2) is 11.5 Å². The lowest BCUT2D eigenvalue weighted by atomic mass is 9.88. The minimum absolute atomic E-state index is 0.164. The quantitative estimate of drug-likeness (QED) is 0.530. The molecule has 146 valence electrons. The highest BCUT2D eigenvalue weighted by Crippen LogP contribution is 2.34. The maximum absolute atomic E-state index is 5.59. The fourth-order valence-electron chi connectivity index (χ4n) is 3.70. The maximum Gasteiger partial charge on any atom is 0.165 e. The second kappa shape index (κ2) is 9.95. The first-order valence-corrected chi connectivity index (χ1v) is 9.78. The summed E-state index contributed by atoms with van der Waals surface area (Å²) in [6.07, 6.45) is 1.02. The van der Waals surface area contributed by atoms with Gasteiger partial charge in [-0.05, 0) is 37.1 Å². The van der Waals surface area contributed by atoms with Crippen molar-refractivity contribution >= 4 is 0 Å². The molecule has 0 spiro atoms. The van der Waals surface area contributed by atoms with Gasteiger partial charge in [-0.1, -0.05) is 72.8 Å². The summed E-state index contributed by atoms with van der Waals surface area (Å²) in [5.41, 5.74) is 3.81. The first-order valence-electron chi connectivity index (χ1n) is 9.78. The molecule has 0 radical (unpaired) electrons. The molecule has 0 heterocycles. The topological polar surface area (TPSA) is 30.5 Å². The number of benzene rings is 3. The van der Waals surface area contributed by atoms with Crippen LogP contribution in [0.25, 0.3) is 0 Å². The van der Waals surface area contributed by atoms with Crippen molar-refractivity contribution in [2.24, 2.45) is 0 Å². The molecule has 1 atom stereocenters. The SMILES string of the molecule is COc1cccc(C(C)NCCC(c2ccccc2)c2ccccc2)c1OC. The summed E-state index contributed by atoms with van der Waals surface area (Å²) in [6.45, 7) is 3.06. The van der Waals surface area contributed by atoms with E-state index in [1.165, 1.54) is 11.1 Å². The lowest BCUT2D eigenvalue weighted by Gasteiger charge is -2.22. The third-order valence-corrected chi connectivity index (χ3v) is 5.19. The van der Waals surface area contributed by atoms with Crippen LogP contribution in [0.3, 0.4) is 0 Å². The molecule has 3 heteroatoms. The van der Waals surface area contributed by atoms with Gasteiger partial charge in [-0.2, -0.15) is 0 Å². The molecule has 28 heavy (non-hydrogen) atoms. The third-order valence-electron chi connectivity index (χ3n) is 5.19. The van der Waals surface area contributed by atoms with Gasteiger partial charge in [-0.3, -0.25) is 0 Å². The van der Waals surface area contributed by atoms with Gasteiger partial charge >= 0.3 is 0 Å². The van der Waals surface area contributed by atoms with Gasteiger partial charge in [0.05, 0.1) is 14.2 Å². The average molecular weight is 376 g/mol. The lowest BCUT2D eigenvalue weighted by molar-refractivity contribution is 0.347. The summed E-state index contributed by atoms with van der Waals surface area (Å²) in [5.74, 6) is 1.93. The minimum Gasteiger partial charge on any atom is -0.493 e. The van der Waals surface area contributed by atoms with Crippen molar-refractivity contribution in [1.82, 2.24) is 5.32 Å². The van der Waals surface area contributed by atoms with Crippen molar-refractivity contribution < 1.29 is 9.47 Å². The van der Waals surface area contributed by atoms with Crippen LogP contribution in [0, 0.1) is 0 Å². The summed E-state index contributed by atoms with van der Waals surface area (Å²) >= 11 is 0. The zero-order chi connectivity index (χ0) is 19.8. The fraction of sp³-hybridized carbons (Fsp3) is 0.280. The van der Waals surface area contributed by atoms with Crippen molar-refractivity contribution in [2.75, 3.05) is 20.8 Å². The maximum atomic E-state index is 5.59. The van der Waals surface area contributed by atoms with Gasteiger partial charge in [-0.15, -0.1) is 0 Å². The van der Waals surface area contributed by atoms with Gasteiger partial charge in [-0.25, -0.2) is 0 Å². The number of para-hydroxylation sites is 1. The zero-order valence-corrected chi connectivity index (χ0v) is 16.9. The largest absolute Gasteiger partial charge is 0.493 e. The summed E-state index contributed by atoms with van der Waals surface area (Å²) < 4.78 is 11.0. The van der Waals surface area contributed by atoms with Crippen LogP contribution in [0.4, 0.5) is 0 Å². The Labute approximate surface area is 168 Å². The van der Waals surface area contributed by atoms with Crippen LogP contribution in [-0.2, 0) is 0 Å². The van der Waals surface area contributed by atoms with Crippen molar-refractivity contribution in [3.63, 3.8) is 0 Å². The summed E-state index contributed by atoms with van der Waals surface area (Å²) in [6, 6.07) is 27.6. The van der Waals surface area contributed by atoms with E-state index in [1.807, 2.05) is 12.1 Å². The molecule has 0 amide bonds. The number of rotatable bonds is 9. The van der Waals surface area contributed by atoms with E-state index in [4.69, 9.17) is 9.47 Å². The molecule has 3 aromatic carbocycles. The molecule has 0 aliphatic rings. The number of nitrogens with one attached hydrogen (secondary N) is 1. The molecule has 0 saturated heterocycles. The number of ether oxygens (including phenoxy) is 2. The first kappa shape index (κ1) is 20.0. The average Bonchev–Trinajstić information content (AvgIpc) is 2.77. The molecule has 1 N–H and O–H groups in total. The van der Waals surface area contributed by atoms with Gasteiger partial charge < -0.3 is 14.8 Å². The highest BCUT2D eigenvalue weighted by molar-refractivity contribution is 5.48. The normalized spacial score (nSPS) is 12.0. The van der Waals surface area contributed by atoms with E-state index in [9.17, 15) is 0 Å². The van der Waals surface area contributed by atoms with Crippen LogP contribution >= 0.6 is 0 Å². The van der Waals surface area contributed by atoms with E-state index in [0.29, 0.717) is 5.92 Å². The smallest absolute Gasteiger partial charge is 0.165 e. The Morgan fingerprint density at radius 3 is 1.89 bits per heavy atom. The number of hydrogen-bond acceptors (Lipinski definition) is 3. The summed E-state index contributed by atoms with van der Waals surface area (Å²) in [4.78, 5) is 0. The molecule has 1 unspecified atom stereocenters. The molecule has 3 rings (SSSR count). The Morgan fingerprint density at radius 2 is 1.36 bits per heavy atom. The molecule has 3 aromatic rings. The third kappa shape index (κ3) is 4.73. The van der Waals surface area contributed by atoms with Crippen LogP contribution < -0.4 is 14.8 Å². The fourth-order valence-corrected chi connectivity index (χ4v) is 3.70. The van der Waals surface area contributed by atoms with E-state index in [2.05, 4.69) is 79.0 Å². The summed E-state index contributed by atoms with van der Waals surface area (Å²) in [7, 11) is 3.36. The van der Waals surface area contributed by atoms with Crippen molar-refractivity contribution in [3.8, 4) is 11.5 Å². The molecular formula is C25H29NO2. The van der Waals surface area contributed by atoms with E-state index in [0.717, 1.165) is 30.0 Å². The van der Waals surface area contributed by atoms with E-state index in [1.54, 1.807) is 14.2 Å². The van der Waals surface area contributed by atoms with Crippen molar-refractivity contribution in [3.05, 3.63) is 95.6 Å².